The summed E-state index contributed by atoms with van der Waals surface area (Å²) in [5.41, 5.74) is 6.31. The number of pyridine rings is 1. The summed E-state index contributed by atoms with van der Waals surface area (Å²) in [7, 11) is 6.18. The maximum absolute atomic E-state index is 6.18. The Labute approximate surface area is 190 Å². The van der Waals surface area contributed by atoms with Crippen LogP contribution in [0.5, 0.6) is 0 Å². The number of hydrogen-bond donors (Lipinski definition) is 1. The summed E-state index contributed by atoms with van der Waals surface area (Å²) in [4.78, 5) is 11.6. The summed E-state index contributed by atoms with van der Waals surface area (Å²) in [5.74, 6) is 1.33. The summed E-state index contributed by atoms with van der Waals surface area (Å²) < 4.78 is 1.79. The quantitative estimate of drug-likeness (QED) is 0.484. The van der Waals surface area contributed by atoms with E-state index in [-0.39, 0.29) is 0 Å². The van der Waals surface area contributed by atoms with Gasteiger partial charge in [0.25, 0.3) is 0 Å². The van der Waals surface area contributed by atoms with Crippen molar-refractivity contribution in [3.8, 4) is 0 Å². The second-order valence-corrected chi connectivity index (χ2v) is 8.59. The Kier molecular flexibility index (Phi) is 5.90. The van der Waals surface area contributed by atoms with Crippen LogP contribution in [0.2, 0.25) is 0 Å². The van der Waals surface area contributed by atoms with Crippen molar-refractivity contribution in [3.63, 3.8) is 0 Å². The van der Waals surface area contributed by atoms with Crippen molar-refractivity contribution >= 4 is 24.8 Å². The number of fused-ring (bicyclic) bond motifs is 1. The van der Waals surface area contributed by atoms with E-state index in [1.165, 1.54) is 11.1 Å². The van der Waals surface area contributed by atoms with Gasteiger partial charge >= 0.3 is 0 Å². The van der Waals surface area contributed by atoms with Crippen molar-refractivity contribution in [1.29, 1.82) is 0 Å². The molecule has 4 heterocycles. The third-order valence-corrected chi connectivity index (χ3v) is 6.38. The van der Waals surface area contributed by atoms with Crippen LogP contribution in [0.3, 0.4) is 0 Å². The van der Waals surface area contributed by atoms with E-state index in [2.05, 4.69) is 63.6 Å². The molecule has 1 aromatic carbocycles. The van der Waals surface area contributed by atoms with Crippen LogP contribution in [0.1, 0.15) is 41.1 Å². The summed E-state index contributed by atoms with van der Waals surface area (Å²) in [6, 6.07) is 14.8. The Morgan fingerprint density at radius 3 is 2.72 bits per heavy atom. The molecule has 1 aliphatic heterocycles. The summed E-state index contributed by atoms with van der Waals surface area (Å²) >= 11 is 0. The molecular formula is C25H27BN6. The Hall–Kier alpha value is -3.19. The minimum absolute atomic E-state index is 0.418. The molecule has 0 atom stereocenters. The molecule has 2 radical (unpaired) electrons. The molecule has 0 spiro atoms. The first-order valence-corrected chi connectivity index (χ1v) is 11.2. The Morgan fingerprint density at radius 2 is 1.94 bits per heavy atom. The van der Waals surface area contributed by atoms with E-state index < -0.39 is 0 Å². The van der Waals surface area contributed by atoms with Crippen LogP contribution in [0, 0.1) is 6.92 Å². The molecule has 0 unspecified atom stereocenters. The standard InChI is InChI=1S/C25H27BN6/c1-18-5-2-3-7-21(18)17-31-11-8-20(9-12-31)23-13-24(28-15-19-6-4-10-27-14-19)32-25(30-23)22(26)16-29-32/h2-7,10,13-14,16,20,28H,8-9,11-12,15,17H2,1H3. The van der Waals surface area contributed by atoms with Gasteiger partial charge < -0.3 is 5.32 Å². The number of anilines is 1. The summed E-state index contributed by atoms with van der Waals surface area (Å²) in [5, 5.41) is 7.93. The number of nitrogens with one attached hydrogen (secondary N) is 1. The Bertz CT molecular complexity index is 1200. The van der Waals surface area contributed by atoms with Crippen molar-refractivity contribution < 1.29 is 0 Å². The van der Waals surface area contributed by atoms with Crippen molar-refractivity contribution in [1.82, 2.24) is 24.5 Å². The van der Waals surface area contributed by atoms with Gasteiger partial charge in [0.2, 0.25) is 0 Å². The van der Waals surface area contributed by atoms with E-state index in [1.54, 1.807) is 16.9 Å². The average Bonchev–Trinajstić information content (AvgIpc) is 3.21. The van der Waals surface area contributed by atoms with Crippen molar-refractivity contribution in [2.45, 2.75) is 38.8 Å². The minimum Gasteiger partial charge on any atom is -0.366 e. The number of hydrogen-bond acceptors (Lipinski definition) is 5. The van der Waals surface area contributed by atoms with Gasteiger partial charge in [0.15, 0.2) is 0 Å². The Balaban J connectivity index is 1.32. The topological polar surface area (TPSA) is 58.4 Å². The highest BCUT2D eigenvalue weighted by atomic mass is 15.3. The number of rotatable bonds is 6. The number of aryl methyl sites for hydroxylation is 1. The van der Waals surface area contributed by atoms with Crippen molar-refractivity contribution in [3.05, 3.63) is 83.4 Å². The fourth-order valence-electron chi connectivity index (χ4n) is 4.44. The maximum atomic E-state index is 6.18. The van der Waals surface area contributed by atoms with Crippen LogP contribution < -0.4 is 10.8 Å². The number of nitrogens with zero attached hydrogens (tertiary/aromatic N) is 5. The Morgan fingerprint density at radius 1 is 1.09 bits per heavy atom. The molecule has 1 N–H and O–H groups in total. The van der Waals surface area contributed by atoms with E-state index in [0.717, 1.165) is 55.2 Å². The van der Waals surface area contributed by atoms with Crippen molar-refractivity contribution in [2.24, 2.45) is 0 Å². The SMILES string of the molecule is [B]c1cnn2c(NCc3cccnc3)cc(C3CCN(Cc4ccccc4C)CC3)nc12. The van der Waals surface area contributed by atoms with E-state index in [9.17, 15) is 0 Å². The van der Waals surface area contributed by atoms with Gasteiger partial charge in [-0.1, -0.05) is 30.3 Å². The fourth-order valence-corrected chi connectivity index (χ4v) is 4.44. The minimum atomic E-state index is 0.418. The zero-order chi connectivity index (χ0) is 21.9. The molecule has 7 heteroatoms. The number of benzene rings is 1. The zero-order valence-corrected chi connectivity index (χ0v) is 18.4. The molecule has 1 saturated heterocycles. The first kappa shape index (κ1) is 20.7. The lowest BCUT2D eigenvalue weighted by atomic mass is 9.92. The van der Waals surface area contributed by atoms with Crippen LogP contribution in [0.4, 0.5) is 5.82 Å². The molecule has 0 saturated carbocycles. The zero-order valence-electron chi connectivity index (χ0n) is 18.4. The van der Waals surface area contributed by atoms with Crippen LogP contribution in [0.15, 0.2) is 61.1 Å². The van der Waals surface area contributed by atoms with Crippen LogP contribution in [-0.2, 0) is 13.1 Å². The lowest BCUT2D eigenvalue weighted by Crippen LogP contribution is -2.33. The van der Waals surface area contributed by atoms with Gasteiger partial charge in [0, 0.05) is 49.4 Å². The van der Waals surface area contributed by atoms with Gasteiger partial charge in [-0.2, -0.15) is 9.61 Å². The maximum Gasteiger partial charge on any atom is 0.150 e. The summed E-state index contributed by atoms with van der Waals surface area (Å²) in [6.07, 6.45) is 7.50. The van der Waals surface area contributed by atoms with Gasteiger partial charge in [-0.05, 0) is 61.1 Å². The molecule has 1 aliphatic rings. The third-order valence-electron chi connectivity index (χ3n) is 6.38. The molecule has 160 valence electrons. The largest absolute Gasteiger partial charge is 0.366 e. The molecule has 6 nitrogen and oxygen atoms in total. The van der Waals surface area contributed by atoms with Gasteiger partial charge in [-0.15, -0.1) is 0 Å². The lowest BCUT2D eigenvalue weighted by molar-refractivity contribution is 0.203. The van der Waals surface area contributed by atoms with Gasteiger partial charge in [-0.3, -0.25) is 9.88 Å². The third kappa shape index (κ3) is 4.39. The molecule has 5 rings (SSSR count). The van der Waals surface area contributed by atoms with Crippen LogP contribution >= 0.6 is 0 Å². The predicted molar refractivity (Wildman–Crippen MR) is 128 cm³/mol. The molecule has 32 heavy (non-hydrogen) atoms. The number of piperidine rings is 1. The average molecular weight is 422 g/mol. The van der Waals surface area contributed by atoms with Crippen LogP contribution in [0.25, 0.3) is 5.65 Å². The first-order chi connectivity index (χ1) is 15.7. The van der Waals surface area contributed by atoms with Crippen LogP contribution in [-0.4, -0.2) is 45.4 Å². The van der Waals surface area contributed by atoms with E-state index in [1.807, 2.05) is 12.3 Å². The van der Waals surface area contributed by atoms with Crippen molar-refractivity contribution in [2.75, 3.05) is 18.4 Å². The fraction of sp³-hybridized carbons (Fsp3) is 0.320. The first-order valence-electron chi connectivity index (χ1n) is 11.2. The predicted octanol–water partition coefficient (Wildman–Crippen LogP) is 3.22. The highest BCUT2D eigenvalue weighted by Gasteiger charge is 2.23. The highest BCUT2D eigenvalue weighted by Crippen LogP contribution is 2.29. The second kappa shape index (κ2) is 9.13. The van der Waals surface area contributed by atoms with E-state index in [4.69, 9.17) is 12.8 Å². The number of likely N-dealkylation sites (tertiary alicyclic amines) is 1. The monoisotopic (exact) mass is 422 g/mol. The van der Waals surface area contributed by atoms with Gasteiger partial charge in [-0.25, -0.2) is 4.98 Å². The van der Waals surface area contributed by atoms with E-state index in [0.29, 0.717) is 17.9 Å². The molecule has 0 amide bonds. The molecule has 0 bridgehead atoms. The lowest BCUT2D eigenvalue weighted by Gasteiger charge is -2.32. The highest BCUT2D eigenvalue weighted by molar-refractivity contribution is 6.36. The van der Waals surface area contributed by atoms with Gasteiger partial charge in [0.05, 0.1) is 0 Å². The number of aromatic nitrogens is 4. The smallest absolute Gasteiger partial charge is 0.150 e. The molecule has 1 fully saturated rings. The molecule has 3 aromatic heterocycles. The second-order valence-electron chi connectivity index (χ2n) is 8.59. The normalized spacial score (nSPS) is 15.3. The molecule has 0 aliphatic carbocycles. The van der Waals surface area contributed by atoms with Gasteiger partial charge in [0.1, 0.15) is 19.3 Å². The summed E-state index contributed by atoms with van der Waals surface area (Å²) in [6.45, 7) is 6.01. The molecule has 4 aromatic rings. The van der Waals surface area contributed by atoms with E-state index >= 15 is 0 Å². The molecular weight excluding hydrogens is 395 g/mol.